The third-order valence-corrected chi connectivity index (χ3v) is 4.86. The van der Waals surface area contributed by atoms with Crippen molar-refractivity contribution in [3.05, 3.63) is 17.5 Å². The van der Waals surface area contributed by atoms with Crippen LogP contribution in [0.3, 0.4) is 0 Å². The van der Waals surface area contributed by atoms with E-state index in [1.54, 1.807) is 0 Å². The standard InChI is InChI=1S/C14H23N3/c1-9-5-14(17(2)16-9)13(15)8-12-7-10-3-4-11(12)6-10/h5,10-13H,3-4,6-8,15H2,1-2H3. The Hall–Kier alpha value is -0.830. The van der Waals surface area contributed by atoms with E-state index in [1.165, 1.54) is 31.4 Å². The molecule has 0 saturated heterocycles. The van der Waals surface area contributed by atoms with Gasteiger partial charge in [-0.15, -0.1) is 0 Å². The minimum Gasteiger partial charge on any atom is -0.323 e. The second-order valence-corrected chi connectivity index (χ2v) is 6.11. The third kappa shape index (κ3) is 2.01. The lowest BCUT2D eigenvalue weighted by Gasteiger charge is -2.24. The predicted octanol–water partition coefficient (Wildman–Crippen LogP) is 2.55. The molecule has 4 unspecified atom stereocenters. The lowest BCUT2D eigenvalue weighted by atomic mass is 9.84. The van der Waals surface area contributed by atoms with Crippen LogP contribution in [-0.4, -0.2) is 9.78 Å². The second kappa shape index (κ2) is 4.13. The van der Waals surface area contributed by atoms with Gasteiger partial charge in [-0.25, -0.2) is 0 Å². The minimum absolute atomic E-state index is 0.172. The number of aromatic nitrogens is 2. The molecule has 17 heavy (non-hydrogen) atoms. The van der Waals surface area contributed by atoms with Crippen LogP contribution in [0.2, 0.25) is 0 Å². The zero-order chi connectivity index (χ0) is 12.0. The molecule has 0 spiro atoms. The van der Waals surface area contributed by atoms with Crippen LogP contribution in [-0.2, 0) is 7.05 Å². The van der Waals surface area contributed by atoms with Gasteiger partial charge in [-0.1, -0.05) is 6.42 Å². The molecule has 0 amide bonds. The van der Waals surface area contributed by atoms with Gasteiger partial charge in [-0.05, 0) is 56.4 Å². The Morgan fingerprint density at radius 2 is 2.29 bits per heavy atom. The highest BCUT2D eigenvalue weighted by Gasteiger charge is 2.40. The van der Waals surface area contributed by atoms with Gasteiger partial charge in [0.2, 0.25) is 0 Å². The van der Waals surface area contributed by atoms with Gasteiger partial charge in [0.05, 0.1) is 11.4 Å². The molecular formula is C14H23N3. The molecule has 2 bridgehead atoms. The highest BCUT2D eigenvalue weighted by Crippen LogP contribution is 2.50. The quantitative estimate of drug-likeness (QED) is 0.872. The van der Waals surface area contributed by atoms with Crippen molar-refractivity contribution in [2.24, 2.45) is 30.5 Å². The predicted molar refractivity (Wildman–Crippen MR) is 68.4 cm³/mol. The first-order chi connectivity index (χ1) is 8.13. The molecule has 3 heteroatoms. The summed E-state index contributed by atoms with van der Waals surface area (Å²) >= 11 is 0. The molecule has 2 saturated carbocycles. The van der Waals surface area contributed by atoms with Crippen molar-refractivity contribution < 1.29 is 0 Å². The largest absolute Gasteiger partial charge is 0.323 e. The molecule has 1 aromatic heterocycles. The van der Waals surface area contributed by atoms with Crippen molar-refractivity contribution in [1.82, 2.24) is 9.78 Å². The molecule has 0 radical (unpaired) electrons. The number of rotatable bonds is 3. The number of fused-ring (bicyclic) bond motifs is 2. The molecule has 3 nitrogen and oxygen atoms in total. The smallest absolute Gasteiger partial charge is 0.0597 e. The normalized spacial score (nSPS) is 33.2. The Balaban J connectivity index is 1.67. The van der Waals surface area contributed by atoms with Gasteiger partial charge >= 0.3 is 0 Å². The summed E-state index contributed by atoms with van der Waals surface area (Å²) < 4.78 is 1.95. The molecule has 2 aliphatic rings. The summed E-state index contributed by atoms with van der Waals surface area (Å²) in [7, 11) is 2.00. The topological polar surface area (TPSA) is 43.8 Å². The molecule has 0 aliphatic heterocycles. The maximum Gasteiger partial charge on any atom is 0.0597 e. The van der Waals surface area contributed by atoms with E-state index in [4.69, 9.17) is 5.73 Å². The van der Waals surface area contributed by atoms with Gasteiger partial charge in [0, 0.05) is 13.1 Å². The van der Waals surface area contributed by atoms with Gasteiger partial charge in [-0.2, -0.15) is 5.10 Å². The maximum atomic E-state index is 6.36. The summed E-state index contributed by atoms with van der Waals surface area (Å²) in [5, 5.41) is 4.39. The molecule has 94 valence electrons. The summed E-state index contributed by atoms with van der Waals surface area (Å²) in [5.74, 6) is 2.87. The number of hydrogen-bond acceptors (Lipinski definition) is 2. The van der Waals surface area contributed by atoms with Crippen LogP contribution in [0.25, 0.3) is 0 Å². The molecule has 2 fully saturated rings. The lowest BCUT2D eigenvalue weighted by Crippen LogP contribution is -2.21. The average molecular weight is 233 g/mol. The zero-order valence-electron chi connectivity index (χ0n) is 10.9. The van der Waals surface area contributed by atoms with Gasteiger partial charge < -0.3 is 5.73 Å². The monoisotopic (exact) mass is 233 g/mol. The van der Waals surface area contributed by atoms with Crippen LogP contribution >= 0.6 is 0 Å². The second-order valence-electron chi connectivity index (χ2n) is 6.11. The fraction of sp³-hybridized carbons (Fsp3) is 0.786. The summed E-state index contributed by atoms with van der Waals surface area (Å²) in [6.07, 6.45) is 6.98. The van der Waals surface area contributed by atoms with Crippen LogP contribution in [0.4, 0.5) is 0 Å². The van der Waals surface area contributed by atoms with E-state index in [-0.39, 0.29) is 6.04 Å². The number of aryl methyl sites for hydroxylation is 2. The van der Waals surface area contributed by atoms with Crippen molar-refractivity contribution in [1.29, 1.82) is 0 Å². The number of nitrogens with two attached hydrogens (primary N) is 1. The summed E-state index contributed by atoms with van der Waals surface area (Å²) in [4.78, 5) is 0. The van der Waals surface area contributed by atoms with Crippen molar-refractivity contribution in [2.75, 3.05) is 0 Å². The van der Waals surface area contributed by atoms with Crippen LogP contribution in [0.1, 0.15) is 49.5 Å². The SMILES string of the molecule is Cc1cc(C(N)CC2CC3CCC2C3)n(C)n1. The van der Waals surface area contributed by atoms with Crippen LogP contribution in [0, 0.1) is 24.7 Å². The molecule has 1 aromatic rings. The van der Waals surface area contributed by atoms with E-state index >= 15 is 0 Å². The summed E-state index contributed by atoms with van der Waals surface area (Å²) in [6.45, 7) is 2.04. The Labute approximate surface area is 103 Å². The Kier molecular flexibility index (Phi) is 2.74. The minimum atomic E-state index is 0.172. The molecule has 0 aromatic carbocycles. The summed E-state index contributed by atoms with van der Waals surface area (Å²) in [5.41, 5.74) is 8.63. The van der Waals surface area contributed by atoms with Crippen molar-refractivity contribution in [2.45, 2.75) is 45.1 Å². The van der Waals surface area contributed by atoms with E-state index in [0.717, 1.165) is 29.9 Å². The van der Waals surface area contributed by atoms with Gasteiger partial charge in [0.15, 0.2) is 0 Å². The van der Waals surface area contributed by atoms with E-state index in [0.29, 0.717) is 0 Å². The first-order valence-corrected chi connectivity index (χ1v) is 6.89. The Morgan fingerprint density at radius 1 is 1.47 bits per heavy atom. The Bertz CT molecular complexity index is 410. The first-order valence-electron chi connectivity index (χ1n) is 6.89. The third-order valence-electron chi connectivity index (χ3n) is 4.86. The van der Waals surface area contributed by atoms with E-state index < -0.39 is 0 Å². The fourth-order valence-electron chi connectivity index (χ4n) is 4.09. The molecule has 3 rings (SSSR count). The molecular weight excluding hydrogens is 210 g/mol. The number of nitrogens with zero attached hydrogens (tertiary/aromatic N) is 2. The van der Waals surface area contributed by atoms with Gasteiger partial charge in [0.1, 0.15) is 0 Å². The lowest BCUT2D eigenvalue weighted by molar-refractivity contribution is 0.292. The number of hydrogen-bond donors (Lipinski definition) is 1. The average Bonchev–Trinajstić information content (AvgIpc) is 2.93. The van der Waals surface area contributed by atoms with E-state index in [2.05, 4.69) is 11.2 Å². The highest BCUT2D eigenvalue weighted by atomic mass is 15.3. The molecule has 1 heterocycles. The zero-order valence-corrected chi connectivity index (χ0v) is 10.9. The Morgan fingerprint density at radius 3 is 2.82 bits per heavy atom. The van der Waals surface area contributed by atoms with Crippen molar-refractivity contribution in [3.63, 3.8) is 0 Å². The van der Waals surface area contributed by atoms with E-state index in [9.17, 15) is 0 Å². The molecule has 4 atom stereocenters. The molecule has 2 aliphatic carbocycles. The van der Waals surface area contributed by atoms with Gasteiger partial charge in [-0.3, -0.25) is 4.68 Å². The summed E-state index contributed by atoms with van der Waals surface area (Å²) in [6, 6.07) is 2.31. The highest BCUT2D eigenvalue weighted by molar-refractivity contribution is 5.13. The van der Waals surface area contributed by atoms with E-state index in [1.807, 2.05) is 18.7 Å². The first kappa shape index (κ1) is 11.3. The van der Waals surface area contributed by atoms with Gasteiger partial charge in [0.25, 0.3) is 0 Å². The van der Waals surface area contributed by atoms with Crippen molar-refractivity contribution >= 4 is 0 Å². The molecule has 2 N–H and O–H groups in total. The fourth-order valence-corrected chi connectivity index (χ4v) is 4.09. The van der Waals surface area contributed by atoms with Crippen LogP contribution in [0.15, 0.2) is 6.07 Å². The van der Waals surface area contributed by atoms with Crippen molar-refractivity contribution in [3.8, 4) is 0 Å². The maximum absolute atomic E-state index is 6.36. The van der Waals surface area contributed by atoms with Crippen LogP contribution in [0.5, 0.6) is 0 Å². The van der Waals surface area contributed by atoms with Crippen LogP contribution < -0.4 is 5.73 Å².